The van der Waals surface area contributed by atoms with Gasteiger partial charge in [0.15, 0.2) is 0 Å². The second-order valence-electron chi connectivity index (χ2n) is 3.41. The molecule has 0 saturated carbocycles. The van der Waals surface area contributed by atoms with Crippen LogP contribution in [0.15, 0.2) is 0 Å². The molecular weight excluding hydrogens is 438 g/mol. The highest BCUT2D eigenvalue weighted by atomic mass is 127. The van der Waals surface area contributed by atoms with Gasteiger partial charge in [-0.25, -0.2) is 0 Å². The maximum atomic E-state index is 10.1. The molecule has 0 heterocycles. The van der Waals surface area contributed by atoms with E-state index in [0.717, 1.165) is 38.5 Å². The second kappa shape index (κ2) is 15.4. The van der Waals surface area contributed by atoms with Crippen LogP contribution in [-0.4, -0.2) is 22.2 Å². The van der Waals surface area contributed by atoms with Crippen molar-refractivity contribution in [1.82, 2.24) is 0 Å². The molecule has 0 rings (SSSR count). The zero-order valence-electron chi connectivity index (χ0n) is 9.18. The highest BCUT2D eigenvalue weighted by Gasteiger charge is 1.98. The number of hydrogen-bond acceptors (Lipinski definition) is 2. The van der Waals surface area contributed by atoms with E-state index >= 15 is 0 Å². The van der Waals surface area contributed by atoms with Gasteiger partial charge >= 0.3 is 11.9 Å². The molecule has 0 aliphatic heterocycles. The average molecular weight is 458 g/mol. The molecule has 0 amide bonds. The fourth-order valence-corrected chi connectivity index (χ4v) is 1.26. The molecular formula is C10H20I2O4. The summed E-state index contributed by atoms with van der Waals surface area (Å²) in [5.74, 6) is -1.48. The van der Waals surface area contributed by atoms with Crippen molar-refractivity contribution in [2.24, 2.45) is 0 Å². The molecule has 4 nitrogen and oxygen atoms in total. The number of hydrogen-bond donors (Lipinski definition) is 2. The first-order valence-corrected chi connectivity index (χ1v) is 5.06. The number of unbranched alkanes of at least 4 members (excludes halogenated alkanes) is 5. The third kappa shape index (κ3) is 19.9. The van der Waals surface area contributed by atoms with Crippen molar-refractivity contribution in [1.29, 1.82) is 0 Å². The minimum Gasteiger partial charge on any atom is -0.481 e. The first kappa shape index (κ1) is 21.7. The van der Waals surface area contributed by atoms with Gasteiger partial charge in [-0.3, -0.25) is 9.59 Å². The lowest BCUT2D eigenvalue weighted by Gasteiger charge is -1.98. The summed E-state index contributed by atoms with van der Waals surface area (Å²) in [5.41, 5.74) is 0. The molecule has 0 aromatic carbocycles. The number of carboxylic acid groups (broad SMARTS) is 2. The molecule has 6 heteroatoms. The van der Waals surface area contributed by atoms with Gasteiger partial charge < -0.3 is 10.2 Å². The fraction of sp³-hybridized carbons (Fsp3) is 0.800. The molecule has 0 aromatic rings. The molecule has 0 atom stereocenters. The van der Waals surface area contributed by atoms with Crippen LogP contribution < -0.4 is 0 Å². The molecule has 0 fully saturated rings. The van der Waals surface area contributed by atoms with E-state index in [1.165, 1.54) is 0 Å². The van der Waals surface area contributed by atoms with Crippen molar-refractivity contribution in [3.8, 4) is 0 Å². The summed E-state index contributed by atoms with van der Waals surface area (Å²) in [5, 5.41) is 16.7. The van der Waals surface area contributed by atoms with Gasteiger partial charge in [-0.15, -0.1) is 48.0 Å². The van der Waals surface area contributed by atoms with E-state index in [-0.39, 0.29) is 60.8 Å². The predicted octanol–water partition coefficient (Wildman–Crippen LogP) is 3.51. The molecule has 0 unspecified atom stereocenters. The van der Waals surface area contributed by atoms with Crippen LogP contribution in [0.1, 0.15) is 51.4 Å². The molecule has 0 radical (unpaired) electrons. The van der Waals surface area contributed by atoms with Gasteiger partial charge in [-0.05, 0) is 12.8 Å². The van der Waals surface area contributed by atoms with Crippen molar-refractivity contribution in [3.05, 3.63) is 0 Å². The number of carbonyl (C=O) groups is 2. The molecule has 16 heavy (non-hydrogen) atoms. The third-order valence-electron chi connectivity index (χ3n) is 2.03. The van der Waals surface area contributed by atoms with Gasteiger partial charge in [0.1, 0.15) is 0 Å². The van der Waals surface area contributed by atoms with Crippen LogP contribution in [-0.2, 0) is 9.59 Å². The first-order chi connectivity index (χ1) is 6.63. The molecule has 0 saturated heterocycles. The van der Waals surface area contributed by atoms with Crippen molar-refractivity contribution < 1.29 is 19.8 Å². The van der Waals surface area contributed by atoms with Crippen LogP contribution in [0.2, 0.25) is 0 Å². The summed E-state index contributed by atoms with van der Waals surface area (Å²) >= 11 is 0. The van der Waals surface area contributed by atoms with Crippen LogP contribution in [0.25, 0.3) is 0 Å². The summed E-state index contributed by atoms with van der Waals surface area (Å²) in [6.07, 6.45) is 5.82. The zero-order chi connectivity index (χ0) is 10.8. The van der Waals surface area contributed by atoms with Crippen LogP contribution in [0.4, 0.5) is 0 Å². The van der Waals surface area contributed by atoms with E-state index in [0.29, 0.717) is 0 Å². The SMILES string of the molecule is I.I.O=C(O)CCCCCCCCC(=O)O. The average Bonchev–Trinajstić information content (AvgIpc) is 2.08. The van der Waals surface area contributed by atoms with Crippen molar-refractivity contribution in [2.75, 3.05) is 0 Å². The quantitative estimate of drug-likeness (QED) is 0.410. The highest BCUT2D eigenvalue weighted by Crippen LogP contribution is 2.08. The number of aliphatic carboxylic acids is 2. The topological polar surface area (TPSA) is 74.6 Å². The number of halogens is 2. The minimum atomic E-state index is -0.740. The van der Waals surface area contributed by atoms with Gasteiger partial charge in [0.05, 0.1) is 0 Å². The van der Waals surface area contributed by atoms with Gasteiger partial charge in [0.25, 0.3) is 0 Å². The Labute approximate surface area is 130 Å². The largest absolute Gasteiger partial charge is 0.481 e. The van der Waals surface area contributed by atoms with Crippen LogP contribution in [0.3, 0.4) is 0 Å². The van der Waals surface area contributed by atoms with E-state index < -0.39 is 11.9 Å². The van der Waals surface area contributed by atoms with Gasteiger partial charge in [-0.1, -0.05) is 25.7 Å². The van der Waals surface area contributed by atoms with Gasteiger partial charge in [0, 0.05) is 12.8 Å². The van der Waals surface area contributed by atoms with E-state index in [4.69, 9.17) is 10.2 Å². The molecule has 0 aliphatic carbocycles. The molecule has 0 aliphatic rings. The maximum absolute atomic E-state index is 10.1. The molecule has 2 N–H and O–H groups in total. The van der Waals surface area contributed by atoms with Crippen LogP contribution >= 0.6 is 48.0 Å². The van der Waals surface area contributed by atoms with Crippen LogP contribution in [0.5, 0.6) is 0 Å². The van der Waals surface area contributed by atoms with E-state index in [1.807, 2.05) is 0 Å². The Morgan fingerprint density at radius 3 is 1.12 bits per heavy atom. The Kier molecular flexibility index (Phi) is 20.8. The first-order valence-electron chi connectivity index (χ1n) is 5.06. The summed E-state index contributed by atoms with van der Waals surface area (Å²) in [6, 6.07) is 0. The minimum absolute atomic E-state index is 0. The summed E-state index contributed by atoms with van der Waals surface area (Å²) in [4.78, 5) is 20.3. The van der Waals surface area contributed by atoms with Gasteiger partial charge in [0.2, 0.25) is 0 Å². The van der Waals surface area contributed by atoms with Crippen molar-refractivity contribution in [2.45, 2.75) is 51.4 Å². The Morgan fingerprint density at radius 2 is 0.875 bits per heavy atom. The fourth-order valence-electron chi connectivity index (χ4n) is 1.26. The summed E-state index contributed by atoms with van der Waals surface area (Å²) in [6.45, 7) is 0. The smallest absolute Gasteiger partial charge is 0.303 e. The molecule has 0 bridgehead atoms. The predicted molar refractivity (Wildman–Crippen MR) is 83.0 cm³/mol. The monoisotopic (exact) mass is 458 g/mol. The molecule has 0 aromatic heterocycles. The summed E-state index contributed by atoms with van der Waals surface area (Å²) < 4.78 is 0. The van der Waals surface area contributed by atoms with Gasteiger partial charge in [-0.2, -0.15) is 0 Å². The zero-order valence-corrected chi connectivity index (χ0v) is 13.8. The van der Waals surface area contributed by atoms with E-state index in [2.05, 4.69) is 0 Å². The number of carboxylic acids is 2. The van der Waals surface area contributed by atoms with Crippen LogP contribution in [0, 0.1) is 0 Å². The Morgan fingerprint density at radius 1 is 0.625 bits per heavy atom. The lowest BCUT2D eigenvalue weighted by atomic mass is 10.1. The van der Waals surface area contributed by atoms with Crippen molar-refractivity contribution in [3.63, 3.8) is 0 Å². The highest BCUT2D eigenvalue weighted by molar-refractivity contribution is 14.0. The standard InChI is InChI=1S/C10H18O4.2HI/c11-9(12)7-5-3-1-2-4-6-8-10(13)14;;/h1-8H2,(H,11,12)(H,13,14);2*1H. The Balaban J connectivity index is -0.000000845. The lowest BCUT2D eigenvalue weighted by Crippen LogP contribution is -1.94. The maximum Gasteiger partial charge on any atom is 0.303 e. The molecule has 0 spiro atoms. The van der Waals surface area contributed by atoms with Crippen molar-refractivity contribution >= 4 is 59.9 Å². The normalized spacial score (nSPS) is 8.75. The van der Waals surface area contributed by atoms with E-state index in [9.17, 15) is 9.59 Å². The Bertz CT molecular complexity index is 166. The number of rotatable bonds is 9. The summed E-state index contributed by atoms with van der Waals surface area (Å²) in [7, 11) is 0. The third-order valence-corrected chi connectivity index (χ3v) is 2.03. The van der Waals surface area contributed by atoms with E-state index in [1.54, 1.807) is 0 Å². The lowest BCUT2D eigenvalue weighted by molar-refractivity contribution is -0.138. The molecule has 98 valence electrons. The Hall–Kier alpha value is 0.400. The second-order valence-corrected chi connectivity index (χ2v) is 3.41.